The van der Waals surface area contributed by atoms with Crippen LogP contribution in [0.15, 0.2) is 0 Å². The monoisotopic (exact) mass is 346 g/mol. The van der Waals surface area contributed by atoms with E-state index in [1.54, 1.807) is 0 Å². The molecule has 0 aromatic heterocycles. The van der Waals surface area contributed by atoms with E-state index in [1.165, 1.54) is 70.6 Å². The zero-order chi connectivity index (χ0) is 18.2. The third-order valence-electron chi connectivity index (χ3n) is 9.21. The Kier molecular flexibility index (Phi) is 5.97. The van der Waals surface area contributed by atoms with Gasteiger partial charge in [-0.3, -0.25) is 0 Å². The van der Waals surface area contributed by atoms with Crippen molar-refractivity contribution in [1.82, 2.24) is 0 Å². The van der Waals surface area contributed by atoms with Gasteiger partial charge in [0.15, 0.2) is 0 Å². The van der Waals surface area contributed by atoms with Gasteiger partial charge in [0.25, 0.3) is 0 Å². The molecule has 3 aliphatic rings. The van der Waals surface area contributed by atoms with E-state index in [4.69, 9.17) is 0 Å². The summed E-state index contributed by atoms with van der Waals surface area (Å²) in [5.41, 5.74) is 1.31. The van der Waals surface area contributed by atoms with Crippen LogP contribution in [0.25, 0.3) is 0 Å². The molecule has 0 radical (unpaired) electrons. The minimum absolute atomic E-state index is 0.641. The fourth-order valence-corrected chi connectivity index (χ4v) is 8.04. The second kappa shape index (κ2) is 7.55. The molecule has 3 fully saturated rings. The van der Waals surface area contributed by atoms with Gasteiger partial charge in [0.05, 0.1) is 0 Å². The standard InChI is InChI=1S/C25H46/c1-18(2)15-20(4)23-11-10-21-12-14-24(5)17-19(3)16-22(24)9-7-8-13-25(21,23)6/h18-23H,7-17H2,1-6H3. The molecular formula is C25H46. The van der Waals surface area contributed by atoms with Gasteiger partial charge in [0.2, 0.25) is 0 Å². The highest BCUT2D eigenvalue weighted by Crippen LogP contribution is 2.59. The average Bonchev–Trinajstić information content (AvgIpc) is 2.98. The number of fused-ring (bicyclic) bond motifs is 2. The summed E-state index contributed by atoms with van der Waals surface area (Å²) in [5.74, 6) is 5.79. The molecule has 0 heterocycles. The van der Waals surface area contributed by atoms with Gasteiger partial charge in [-0.05, 0) is 104 Å². The van der Waals surface area contributed by atoms with Crippen LogP contribution >= 0.6 is 0 Å². The van der Waals surface area contributed by atoms with Gasteiger partial charge in [-0.2, -0.15) is 0 Å². The highest BCUT2D eigenvalue weighted by Gasteiger charge is 2.49. The van der Waals surface area contributed by atoms with Gasteiger partial charge < -0.3 is 0 Å². The normalized spacial score (nSPS) is 46.7. The van der Waals surface area contributed by atoms with Crippen LogP contribution in [0.3, 0.4) is 0 Å². The van der Waals surface area contributed by atoms with Crippen molar-refractivity contribution >= 4 is 0 Å². The number of hydrogen-bond donors (Lipinski definition) is 0. The lowest BCUT2D eigenvalue weighted by Crippen LogP contribution is -2.35. The Morgan fingerprint density at radius 3 is 2.36 bits per heavy atom. The highest BCUT2D eigenvalue weighted by atomic mass is 14.5. The van der Waals surface area contributed by atoms with E-state index >= 15 is 0 Å². The molecule has 0 aromatic carbocycles. The molecule has 3 rings (SSSR count). The zero-order valence-corrected chi connectivity index (χ0v) is 18.2. The van der Waals surface area contributed by atoms with E-state index < -0.39 is 0 Å². The van der Waals surface area contributed by atoms with Crippen molar-refractivity contribution in [2.45, 2.75) is 112 Å². The van der Waals surface area contributed by atoms with Crippen molar-refractivity contribution in [3.05, 3.63) is 0 Å². The van der Waals surface area contributed by atoms with Gasteiger partial charge in [0, 0.05) is 0 Å². The predicted molar refractivity (Wildman–Crippen MR) is 111 cm³/mol. The largest absolute Gasteiger partial charge is 0.0628 e. The fraction of sp³-hybridized carbons (Fsp3) is 1.00. The van der Waals surface area contributed by atoms with Gasteiger partial charge in [-0.15, -0.1) is 0 Å². The molecule has 7 unspecified atom stereocenters. The Hall–Kier alpha value is 0. The average molecular weight is 347 g/mol. The Labute approximate surface area is 158 Å². The van der Waals surface area contributed by atoms with E-state index in [2.05, 4.69) is 41.5 Å². The van der Waals surface area contributed by atoms with Gasteiger partial charge in [0.1, 0.15) is 0 Å². The van der Waals surface area contributed by atoms with Crippen molar-refractivity contribution in [2.75, 3.05) is 0 Å². The Balaban J connectivity index is 1.74. The third kappa shape index (κ3) is 3.98. The maximum atomic E-state index is 2.71. The summed E-state index contributed by atoms with van der Waals surface area (Å²) in [7, 11) is 0. The van der Waals surface area contributed by atoms with Crippen LogP contribution in [-0.4, -0.2) is 0 Å². The predicted octanol–water partition coefficient (Wildman–Crippen LogP) is 8.11. The molecule has 0 N–H and O–H groups in total. The van der Waals surface area contributed by atoms with Crippen LogP contribution in [0, 0.1) is 46.3 Å². The van der Waals surface area contributed by atoms with Crippen LogP contribution in [0.5, 0.6) is 0 Å². The van der Waals surface area contributed by atoms with Gasteiger partial charge in [-0.25, -0.2) is 0 Å². The Morgan fingerprint density at radius 2 is 1.64 bits per heavy atom. The second-order valence-corrected chi connectivity index (χ2v) is 11.7. The van der Waals surface area contributed by atoms with E-state index in [9.17, 15) is 0 Å². The lowest BCUT2D eigenvalue weighted by molar-refractivity contribution is 0.0631. The van der Waals surface area contributed by atoms with E-state index in [-0.39, 0.29) is 0 Å². The maximum absolute atomic E-state index is 2.71. The van der Waals surface area contributed by atoms with Crippen LogP contribution in [-0.2, 0) is 0 Å². The second-order valence-electron chi connectivity index (χ2n) is 11.7. The molecule has 3 aliphatic carbocycles. The molecule has 3 saturated carbocycles. The maximum Gasteiger partial charge on any atom is -0.0267 e. The highest BCUT2D eigenvalue weighted by molar-refractivity contribution is 5.00. The van der Waals surface area contributed by atoms with Crippen molar-refractivity contribution in [1.29, 1.82) is 0 Å². The molecule has 0 heteroatoms. The lowest BCUT2D eigenvalue weighted by atomic mass is 9.62. The molecule has 25 heavy (non-hydrogen) atoms. The van der Waals surface area contributed by atoms with Crippen LogP contribution in [0.4, 0.5) is 0 Å². The molecule has 146 valence electrons. The first kappa shape index (κ1) is 19.8. The summed E-state index contributed by atoms with van der Waals surface area (Å²) in [6.45, 7) is 15.3. The smallest absolute Gasteiger partial charge is 0.0267 e. The van der Waals surface area contributed by atoms with Crippen LogP contribution in [0.1, 0.15) is 112 Å². The summed E-state index contributed by atoms with van der Waals surface area (Å²) >= 11 is 0. The molecule has 7 atom stereocenters. The summed E-state index contributed by atoms with van der Waals surface area (Å²) in [4.78, 5) is 0. The summed E-state index contributed by atoms with van der Waals surface area (Å²) in [6, 6.07) is 0. The number of hydrogen-bond acceptors (Lipinski definition) is 0. The molecule has 0 aromatic rings. The van der Waals surface area contributed by atoms with Crippen LogP contribution in [0.2, 0.25) is 0 Å². The van der Waals surface area contributed by atoms with E-state index in [1.807, 2.05) is 0 Å². The zero-order valence-electron chi connectivity index (χ0n) is 18.2. The first-order valence-corrected chi connectivity index (χ1v) is 11.7. The SMILES string of the molecule is CC(C)CC(C)C1CCC2CCC3(C)CC(C)CC3CCCCC21C. The van der Waals surface area contributed by atoms with Crippen molar-refractivity contribution in [3.8, 4) is 0 Å². The first-order valence-electron chi connectivity index (χ1n) is 11.7. The van der Waals surface area contributed by atoms with Crippen molar-refractivity contribution in [3.63, 3.8) is 0 Å². The molecular weight excluding hydrogens is 300 g/mol. The first-order chi connectivity index (χ1) is 11.7. The lowest BCUT2D eigenvalue weighted by Gasteiger charge is -2.43. The Morgan fingerprint density at radius 1 is 0.880 bits per heavy atom. The molecule has 0 aliphatic heterocycles. The topological polar surface area (TPSA) is 0 Å². The van der Waals surface area contributed by atoms with E-state index in [0.717, 1.165) is 35.5 Å². The quantitative estimate of drug-likeness (QED) is 0.484. The summed E-state index contributed by atoms with van der Waals surface area (Å²) in [6.07, 6.45) is 16.6. The molecule has 0 nitrogen and oxygen atoms in total. The van der Waals surface area contributed by atoms with Gasteiger partial charge in [-0.1, -0.05) is 54.4 Å². The summed E-state index contributed by atoms with van der Waals surface area (Å²) in [5, 5.41) is 0. The Bertz CT molecular complexity index is 437. The minimum Gasteiger partial charge on any atom is -0.0628 e. The van der Waals surface area contributed by atoms with E-state index in [0.29, 0.717) is 10.8 Å². The van der Waals surface area contributed by atoms with Crippen molar-refractivity contribution in [2.24, 2.45) is 46.3 Å². The fourth-order valence-electron chi connectivity index (χ4n) is 8.04. The molecule has 0 bridgehead atoms. The molecule has 0 spiro atoms. The van der Waals surface area contributed by atoms with Gasteiger partial charge >= 0.3 is 0 Å². The minimum atomic E-state index is 0.641. The number of rotatable bonds is 3. The third-order valence-corrected chi connectivity index (χ3v) is 9.21. The summed E-state index contributed by atoms with van der Waals surface area (Å²) < 4.78 is 0. The van der Waals surface area contributed by atoms with Crippen molar-refractivity contribution < 1.29 is 0 Å². The molecule has 0 amide bonds. The molecule has 0 saturated heterocycles. The van der Waals surface area contributed by atoms with Crippen LogP contribution < -0.4 is 0 Å².